The first-order chi connectivity index (χ1) is 9.20. The van der Waals surface area contributed by atoms with Gasteiger partial charge in [-0.1, -0.05) is 45.5 Å². The molecule has 1 amide bonds. The van der Waals surface area contributed by atoms with E-state index in [0.29, 0.717) is 16.7 Å². The van der Waals surface area contributed by atoms with Gasteiger partial charge in [0.1, 0.15) is 0 Å². The van der Waals surface area contributed by atoms with Gasteiger partial charge in [0.2, 0.25) is 10.1 Å². The second-order valence-corrected chi connectivity index (χ2v) is 5.55. The lowest BCUT2D eigenvalue weighted by Crippen LogP contribution is -2.22. The smallest absolute Gasteiger partial charge is 0.282 e. The van der Waals surface area contributed by atoms with Crippen molar-refractivity contribution >= 4 is 38.3 Å². The Morgan fingerprint density at radius 2 is 2.16 bits per heavy atom. The molecule has 0 fully saturated rings. The second-order valence-electron chi connectivity index (χ2n) is 3.72. The maximum atomic E-state index is 11.9. The van der Waals surface area contributed by atoms with Crippen molar-refractivity contribution < 1.29 is 4.79 Å². The molecule has 0 saturated carbocycles. The predicted molar refractivity (Wildman–Crippen MR) is 79.4 cm³/mol. The number of nitrogens with one attached hydrogen (secondary N) is 2. The molecule has 0 radical (unpaired) electrons. The summed E-state index contributed by atoms with van der Waals surface area (Å²) in [4.78, 5) is 11.9. The van der Waals surface area contributed by atoms with Gasteiger partial charge >= 0.3 is 0 Å². The maximum absolute atomic E-state index is 11.9. The number of aromatic nitrogens is 2. The topological polar surface area (TPSA) is 66.9 Å². The summed E-state index contributed by atoms with van der Waals surface area (Å²) >= 11 is 4.69. The van der Waals surface area contributed by atoms with Gasteiger partial charge in [0.05, 0.1) is 0 Å². The third kappa shape index (κ3) is 3.74. The number of benzene rings is 1. The van der Waals surface area contributed by atoms with E-state index in [2.05, 4.69) is 36.8 Å². The van der Waals surface area contributed by atoms with Crippen LogP contribution >= 0.6 is 27.3 Å². The average Bonchev–Trinajstić information content (AvgIpc) is 2.87. The summed E-state index contributed by atoms with van der Waals surface area (Å²) in [5, 5.41) is 14.6. The van der Waals surface area contributed by atoms with Gasteiger partial charge in [-0.15, -0.1) is 10.2 Å². The molecule has 0 spiro atoms. The van der Waals surface area contributed by atoms with Crippen LogP contribution < -0.4 is 10.6 Å². The van der Waals surface area contributed by atoms with Gasteiger partial charge in [0.25, 0.3) is 5.91 Å². The molecular formula is C12H13BrN4OS. The van der Waals surface area contributed by atoms with E-state index in [1.807, 2.05) is 31.2 Å². The zero-order valence-electron chi connectivity index (χ0n) is 10.3. The number of carbonyl (C=O) groups excluding carboxylic acids is 1. The number of hydrogen-bond acceptors (Lipinski definition) is 5. The van der Waals surface area contributed by atoms with Crippen molar-refractivity contribution in [1.82, 2.24) is 15.5 Å². The summed E-state index contributed by atoms with van der Waals surface area (Å²) in [7, 11) is 0. The van der Waals surface area contributed by atoms with Crippen molar-refractivity contribution in [1.29, 1.82) is 0 Å². The fourth-order valence-electron chi connectivity index (χ4n) is 1.43. The standard InChI is InChI=1S/C12H13BrN4OS/c1-2-14-12-17-16-11(19-12)10(18)15-7-8-5-3-4-6-9(8)13/h3-6H,2,7H2,1H3,(H,14,17)(H,15,18). The Balaban J connectivity index is 1.95. The third-order valence-electron chi connectivity index (χ3n) is 2.34. The van der Waals surface area contributed by atoms with Gasteiger partial charge in [-0.25, -0.2) is 0 Å². The normalized spacial score (nSPS) is 10.2. The minimum absolute atomic E-state index is 0.211. The first kappa shape index (κ1) is 14.0. The first-order valence-corrected chi connectivity index (χ1v) is 7.40. The summed E-state index contributed by atoms with van der Waals surface area (Å²) in [6, 6.07) is 7.76. The van der Waals surface area contributed by atoms with Crippen LogP contribution in [-0.2, 0) is 6.54 Å². The summed E-state index contributed by atoms with van der Waals surface area (Å²) in [5.74, 6) is -0.211. The fourth-order valence-corrected chi connectivity index (χ4v) is 2.58. The summed E-state index contributed by atoms with van der Waals surface area (Å²) < 4.78 is 0.973. The van der Waals surface area contributed by atoms with Crippen molar-refractivity contribution in [2.24, 2.45) is 0 Å². The van der Waals surface area contributed by atoms with E-state index in [1.54, 1.807) is 0 Å². The average molecular weight is 341 g/mol. The molecule has 2 rings (SSSR count). The van der Waals surface area contributed by atoms with Crippen LogP contribution in [0.15, 0.2) is 28.7 Å². The number of anilines is 1. The van der Waals surface area contributed by atoms with Gasteiger partial charge in [-0.05, 0) is 18.6 Å². The minimum atomic E-state index is -0.211. The molecule has 2 aromatic rings. The van der Waals surface area contributed by atoms with Crippen LogP contribution in [0.4, 0.5) is 5.13 Å². The quantitative estimate of drug-likeness (QED) is 0.877. The number of hydrogen-bond donors (Lipinski definition) is 2. The molecule has 0 aliphatic heterocycles. The molecule has 0 saturated heterocycles. The summed E-state index contributed by atoms with van der Waals surface area (Å²) in [6.45, 7) is 3.18. The molecule has 0 atom stereocenters. The van der Waals surface area contributed by atoms with E-state index in [-0.39, 0.29) is 5.91 Å². The monoisotopic (exact) mass is 340 g/mol. The molecule has 19 heavy (non-hydrogen) atoms. The van der Waals surface area contributed by atoms with Crippen molar-refractivity contribution in [3.8, 4) is 0 Å². The van der Waals surface area contributed by atoms with Crippen molar-refractivity contribution in [3.63, 3.8) is 0 Å². The molecule has 1 aromatic carbocycles. The zero-order chi connectivity index (χ0) is 13.7. The SMILES string of the molecule is CCNc1nnc(C(=O)NCc2ccccc2Br)s1. The van der Waals surface area contributed by atoms with Crippen molar-refractivity contribution in [3.05, 3.63) is 39.3 Å². The third-order valence-corrected chi connectivity index (χ3v) is 4.00. The molecule has 0 aliphatic rings. The van der Waals surface area contributed by atoms with Gasteiger partial charge < -0.3 is 10.6 Å². The lowest BCUT2D eigenvalue weighted by atomic mass is 10.2. The van der Waals surface area contributed by atoms with Gasteiger partial charge in [-0.2, -0.15) is 0 Å². The van der Waals surface area contributed by atoms with Crippen molar-refractivity contribution in [2.45, 2.75) is 13.5 Å². The van der Waals surface area contributed by atoms with Gasteiger partial charge in [0.15, 0.2) is 0 Å². The van der Waals surface area contributed by atoms with Crippen LogP contribution in [0, 0.1) is 0 Å². The number of halogens is 1. The maximum Gasteiger partial charge on any atom is 0.282 e. The molecule has 0 bridgehead atoms. The highest BCUT2D eigenvalue weighted by atomic mass is 79.9. The largest absolute Gasteiger partial charge is 0.360 e. The molecular weight excluding hydrogens is 328 g/mol. The zero-order valence-corrected chi connectivity index (χ0v) is 12.7. The minimum Gasteiger partial charge on any atom is -0.360 e. The molecule has 7 heteroatoms. The van der Waals surface area contributed by atoms with Gasteiger partial charge in [0, 0.05) is 17.6 Å². The number of amides is 1. The predicted octanol–water partition coefficient (Wildman–Crippen LogP) is 2.66. The highest BCUT2D eigenvalue weighted by Gasteiger charge is 2.12. The summed E-state index contributed by atoms with van der Waals surface area (Å²) in [5.41, 5.74) is 1.02. The number of rotatable bonds is 5. The van der Waals surface area contributed by atoms with E-state index in [9.17, 15) is 4.79 Å². The van der Waals surface area contributed by atoms with Crippen LogP contribution in [0.25, 0.3) is 0 Å². The molecule has 2 N–H and O–H groups in total. The molecule has 1 aromatic heterocycles. The van der Waals surface area contributed by atoms with Gasteiger partial charge in [-0.3, -0.25) is 4.79 Å². The summed E-state index contributed by atoms with van der Waals surface area (Å²) in [6.07, 6.45) is 0. The van der Waals surface area contributed by atoms with E-state index in [1.165, 1.54) is 11.3 Å². The molecule has 1 heterocycles. The fraction of sp³-hybridized carbons (Fsp3) is 0.250. The Labute approximate surface area is 123 Å². The van der Waals surface area contributed by atoms with Crippen LogP contribution in [0.1, 0.15) is 22.3 Å². The van der Waals surface area contributed by atoms with Crippen molar-refractivity contribution in [2.75, 3.05) is 11.9 Å². The molecule has 100 valence electrons. The molecule has 0 unspecified atom stereocenters. The van der Waals surface area contributed by atoms with Crippen LogP contribution in [0.3, 0.4) is 0 Å². The van der Waals surface area contributed by atoms with E-state index >= 15 is 0 Å². The lowest BCUT2D eigenvalue weighted by molar-refractivity contribution is 0.0949. The molecule has 5 nitrogen and oxygen atoms in total. The highest BCUT2D eigenvalue weighted by Crippen LogP contribution is 2.17. The second kappa shape index (κ2) is 6.63. The Bertz CT molecular complexity index is 572. The van der Waals surface area contributed by atoms with Crippen LogP contribution in [-0.4, -0.2) is 22.6 Å². The van der Waals surface area contributed by atoms with E-state index in [4.69, 9.17) is 0 Å². The van der Waals surface area contributed by atoms with E-state index in [0.717, 1.165) is 16.6 Å². The number of carbonyl (C=O) groups is 1. The Morgan fingerprint density at radius 3 is 2.89 bits per heavy atom. The first-order valence-electron chi connectivity index (χ1n) is 5.79. The Kier molecular flexibility index (Phi) is 4.86. The van der Waals surface area contributed by atoms with Crippen LogP contribution in [0.2, 0.25) is 0 Å². The van der Waals surface area contributed by atoms with Crippen LogP contribution in [0.5, 0.6) is 0 Å². The Morgan fingerprint density at radius 1 is 1.37 bits per heavy atom. The van der Waals surface area contributed by atoms with E-state index < -0.39 is 0 Å². The number of nitrogens with zero attached hydrogens (tertiary/aromatic N) is 2. The lowest BCUT2D eigenvalue weighted by Gasteiger charge is -2.04. The molecule has 0 aliphatic carbocycles. The Hall–Kier alpha value is -1.47. The highest BCUT2D eigenvalue weighted by molar-refractivity contribution is 9.10.